The Labute approximate surface area is 144 Å². The van der Waals surface area contributed by atoms with E-state index in [4.69, 9.17) is 10.5 Å². The highest BCUT2D eigenvalue weighted by Crippen LogP contribution is 2.38. The summed E-state index contributed by atoms with van der Waals surface area (Å²) in [6, 6.07) is 14.4. The Balaban J connectivity index is 1.86. The number of thioether (sulfide) groups is 1. The molecule has 0 spiro atoms. The molecule has 0 unspecified atom stereocenters. The first-order valence-electron chi connectivity index (χ1n) is 7.71. The van der Waals surface area contributed by atoms with E-state index in [1.165, 1.54) is 16.7 Å². The van der Waals surface area contributed by atoms with Gasteiger partial charge in [-0.1, -0.05) is 24.3 Å². The number of nitrogens with two attached hydrogens (primary N) is 1. The Kier molecular flexibility index (Phi) is 4.76. The molecule has 2 aromatic rings. The predicted octanol–water partition coefficient (Wildman–Crippen LogP) is 3.09. The van der Waals surface area contributed by atoms with Gasteiger partial charge in [0.15, 0.2) is 0 Å². The van der Waals surface area contributed by atoms with E-state index in [1.807, 2.05) is 31.2 Å². The third-order valence-electron chi connectivity index (χ3n) is 3.70. The van der Waals surface area contributed by atoms with Crippen LogP contribution < -0.4 is 15.4 Å². The lowest BCUT2D eigenvalue weighted by Crippen LogP contribution is -2.31. The van der Waals surface area contributed by atoms with Crippen LogP contribution in [0.2, 0.25) is 0 Å². The SMILES string of the molecule is CCOc1ccccc1N1C(=O)C[C@H](Sc2ccccc2N)C1=O. The Morgan fingerprint density at radius 2 is 1.88 bits per heavy atom. The summed E-state index contributed by atoms with van der Waals surface area (Å²) in [4.78, 5) is 27.2. The van der Waals surface area contributed by atoms with Gasteiger partial charge in [-0.25, -0.2) is 4.90 Å². The second-order valence-electron chi connectivity index (χ2n) is 5.32. The second kappa shape index (κ2) is 6.97. The van der Waals surface area contributed by atoms with Gasteiger partial charge in [0.25, 0.3) is 0 Å². The minimum atomic E-state index is -0.475. The number of imide groups is 1. The van der Waals surface area contributed by atoms with E-state index in [9.17, 15) is 9.59 Å². The van der Waals surface area contributed by atoms with Crippen molar-refractivity contribution in [3.63, 3.8) is 0 Å². The lowest BCUT2D eigenvalue weighted by atomic mass is 10.2. The lowest BCUT2D eigenvalue weighted by molar-refractivity contribution is -0.121. The normalized spacial score (nSPS) is 17.4. The molecular formula is C18H18N2O3S. The molecule has 1 atom stereocenters. The van der Waals surface area contributed by atoms with Gasteiger partial charge in [0, 0.05) is 17.0 Å². The van der Waals surface area contributed by atoms with Crippen molar-refractivity contribution in [1.82, 2.24) is 0 Å². The fourth-order valence-electron chi connectivity index (χ4n) is 2.61. The number of nitrogen functional groups attached to an aromatic ring is 1. The first-order valence-corrected chi connectivity index (χ1v) is 8.59. The molecule has 2 N–H and O–H groups in total. The maximum absolute atomic E-state index is 12.8. The van der Waals surface area contributed by atoms with Crippen LogP contribution in [0.5, 0.6) is 5.75 Å². The van der Waals surface area contributed by atoms with Crippen LogP contribution in [-0.4, -0.2) is 23.7 Å². The fourth-order valence-corrected chi connectivity index (χ4v) is 3.71. The summed E-state index contributed by atoms with van der Waals surface area (Å²) in [6.45, 7) is 2.33. The standard InChI is InChI=1S/C18H18N2O3S/c1-2-23-14-9-5-4-8-13(14)20-17(21)11-16(18(20)22)24-15-10-6-3-7-12(15)19/h3-10,16H,2,11,19H2,1H3/t16-/m0/s1. The van der Waals surface area contributed by atoms with E-state index in [1.54, 1.807) is 24.3 Å². The van der Waals surface area contributed by atoms with Gasteiger partial charge in [-0.15, -0.1) is 11.8 Å². The molecule has 0 bridgehead atoms. The number of amides is 2. The Bertz CT molecular complexity index is 778. The summed E-state index contributed by atoms with van der Waals surface area (Å²) < 4.78 is 5.55. The molecule has 0 aliphatic carbocycles. The number of hydrogen-bond acceptors (Lipinski definition) is 5. The van der Waals surface area contributed by atoms with Crippen LogP contribution in [0.4, 0.5) is 11.4 Å². The molecule has 1 heterocycles. The van der Waals surface area contributed by atoms with Gasteiger partial charge >= 0.3 is 0 Å². The van der Waals surface area contributed by atoms with E-state index >= 15 is 0 Å². The Morgan fingerprint density at radius 1 is 1.17 bits per heavy atom. The number of nitrogens with zero attached hydrogens (tertiary/aromatic N) is 1. The number of hydrogen-bond donors (Lipinski definition) is 1. The van der Waals surface area contributed by atoms with Crippen LogP contribution >= 0.6 is 11.8 Å². The molecule has 0 aromatic heterocycles. The third kappa shape index (κ3) is 3.10. The number of benzene rings is 2. The van der Waals surface area contributed by atoms with Crippen molar-refractivity contribution in [2.24, 2.45) is 0 Å². The van der Waals surface area contributed by atoms with Crippen LogP contribution in [0.3, 0.4) is 0 Å². The maximum atomic E-state index is 12.8. The maximum Gasteiger partial charge on any atom is 0.247 e. The lowest BCUT2D eigenvalue weighted by Gasteiger charge is -2.18. The average molecular weight is 342 g/mol. The highest BCUT2D eigenvalue weighted by molar-refractivity contribution is 8.00. The summed E-state index contributed by atoms with van der Waals surface area (Å²) in [5.74, 6) is 0.0751. The zero-order valence-corrected chi connectivity index (χ0v) is 14.1. The number of anilines is 2. The number of carbonyl (C=O) groups is 2. The molecule has 3 rings (SSSR count). The van der Waals surface area contributed by atoms with Crippen molar-refractivity contribution in [2.75, 3.05) is 17.2 Å². The van der Waals surface area contributed by atoms with Gasteiger partial charge in [0.1, 0.15) is 5.75 Å². The van der Waals surface area contributed by atoms with Gasteiger partial charge in [-0.3, -0.25) is 9.59 Å². The first-order chi connectivity index (χ1) is 11.6. The largest absolute Gasteiger partial charge is 0.492 e. The summed E-state index contributed by atoms with van der Waals surface area (Å²) in [6.07, 6.45) is 0.151. The van der Waals surface area contributed by atoms with Crippen LogP contribution in [0.25, 0.3) is 0 Å². The molecule has 24 heavy (non-hydrogen) atoms. The molecule has 2 aromatic carbocycles. The van der Waals surface area contributed by atoms with Gasteiger partial charge < -0.3 is 10.5 Å². The minimum absolute atomic E-state index is 0.151. The van der Waals surface area contributed by atoms with Gasteiger partial charge in [-0.2, -0.15) is 0 Å². The molecule has 1 fully saturated rings. The van der Waals surface area contributed by atoms with Crippen molar-refractivity contribution in [3.8, 4) is 5.75 Å². The molecular weight excluding hydrogens is 324 g/mol. The molecule has 1 aliphatic rings. The van der Waals surface area contributed by atoms with Crippen molar-refractivity contribution in [1.29, 1.82) is 0 Å². The van der Waals surface area contributed by atoms with Gasteiger partial charge in [-0.05, 0) is 31.2 Å². The summed E-state index contributed by atoms with van der Waals surface area (Å²) >= 11 is 1.33. The van der Waals surface area contributed by atoms with E-state index in [0.29, 0.717) is 23.7 Å². The van der Waals surface area contributed by atoms with E-state index in [-0.39, 0.29) is 18.2 Å². The van der Waals surface area contributed by atoms with Crippen LogP contribution in [0, 0.1) is 0 Å². The van der Waals surface area contributed by atoms with Crippen molar-refractivity contribution < 1.29 is 14.3 Å². The van der Waals surface area contributed by atoms with E-state index < -0.39 is 5.25 Å². The summed E-state index contributed by atoms with van der Waals surface area (Å²) in [5, 5.41) is -0.475. The molecule has 0 saturated carbocycles. The molecule has 1 aliphatic heterocycles. The summed E-state index contributed by atoms with van der Waals surface area (Å²) in [7, 11) is 0. The highest BCUT2D eigenvalue weighted by Gasteiger charge is 2.41. The number of ether oxygens (including phenoxy) is 1. The van der Waals surface area contributed by atoms with Crippen molar-refractivity contribution in [2.45, 2.75) is 23.5 Å². The van der Waals surface area contributed by atoms with Gasteiger partial charge in [0.2, 0.25) is 11.8 Å². The molecule has 0 radical (unpaired) electrons. The Hall–Kier alpha value is -2.47. The number of carbonyl (C=O) groups excluding carboxylic acids is 2. The smallest absolute Gasteiger partial charge is 0.247 e. The molecule has 1 saturated heterocycles. The molecule has 2 amide bonds. The average Bonchev–Trinajstić information content (AvgIpc) is 2.85. The van der Waals surface area contributed by atoms with E-state index in [0.717, 1.165) is 4.90 Å². The monoisotopic (exact) mass is 342 g/mol. The Morgan fingerprint density at radius 3 is 2.62 bits per heavy atom. The van der Waals surface area contributed by atoms with E-state index in [2.05, 4.69) is 0 Å². The molecule has 5 nitrogen and oxygen atoms in total. The second-order valence-corrected chi connectivity index (χ2v) is 6.56. The number of rotatable bonds is 5. The molecule has 124 valence electrons. The topological polar surface area (TPSA) is 72.6 Å². The summed E-state index contributed by atoms with van der Waals surface area (Å²) in [5.41, 5.74) is 7.04. The number of para-hydroxylation sites is 3. The van der Waals surface area contributed by atoms with Crippen LogP contribution in [0.15, 0.2) is 53.4 Å². The first kappa shape index (κ1) is 16.4. The highest BCUT2D eigenvalue weighted by atomic mass is 32.2. The zero-order valence-electron chi connectivity index (χ0n) is 13.3. The third-order valence-corrected chi connectivity index (χ3v) is 4.98. The quantitative estimate of drug-likeness (QED) is 0.668. The molecule has 6 heteroatoms. The fraction of sp³-hybridized carbons (Fsp3) is 0.222. The predicted molar refractivity (Wildman–Crippen MR) is 95.2 cm³/mol. The minimum Gasteiger partial charge on any atom is -0.492 e. The van der Waals surface area contributed by atoms with Crippen LogP contribution in [0.1, 0.15) is 13.3 Å². The van der Waals surface area contributed by atoms with Gasteiger partial charge in [0.05, 0.1) is 17.5 Å². The van der Waals surface area contributed by atoms with Crippen LogP contribution in [-0.2, 0) is 9.59 Å². The van der Waals surface area contributed by atoms with Crippen molar-refractivity contribution >= 4 is 35.0 Å². The zero-order chi connectivity index (χ0) is 17.1. The van der Waals surface area contributed by atoms with Crippen molar-refractivity contribution in [3.05, 3.63) is 48.5 Å².